The van der Waals surface area contributed by atoms with Crippen molar-refractivity contribution in [1.82, 2.24) is 9.80 Å². The Morgan fingerprint density at radius 3 is 2.04 bits per heavy atom. The minimum Gasteiger partial charge on any atom is -0.453 e. The molecule has 0 spiro atoms. The second-order valence-electron chi connectivity index (χ2n) is 6.33. The van der Waals surface area contributed by atoms with Crippen LogP contribution in [0.4, 0.5) is 21.0 Å². The summed E-state index contributed by atoms with van der Waals surface area (Å²) in [6.07, 6.45) is -0.537. The van der Waals surface area contributed by atoms with Crippen molar-refractivity contribution in [2.75, 3.05) is 44.9 Å². The SMILES string of the molecule is COC(=O)Nc1ccc(NC(=O)N(CCN(C)C)Cc2ccccc2)cc1. The van der Waals surface area contributed by atoms with Crippen molar-refractivity contribution < 1.29 is 14.3 Å². The molecule has 144 valence electrons. The number of methoxy groups -OCH3 is 1. The molecule has 0 bridgehead atoms. The number of ether oxygens (including phenoxy) is 1. The first-order valence-electron chi connectivity index (χ1n) is 8.67. The van der Waals surface area contributed by atoms with Gasteiger partial charge in [0.1, 0.15) is 0 Å². The van der Waals surface area contributed by atoms with E-state index in [4.69, 9.17) is 0 Å². The largest absolute Gasteiger partial charge is 0.453 e. The van der Waals surface area contributed by atoms with Crippen LogP contribution in [0.25, 0.3) is 0 Å². The molecule has 0 heterocycles. The van der Waals surface area contributed by atoms with Crippen LogP contribution in [-0.2, 0) is 11.3 Å². The molecule has 2 aromatic carbocycles. The highest BCUT2D eigenvalue weighted by atomic mass is 16.5. The zero-order valence-corrected chi connectivity index (χ0v) is 15.9. The fourth-order valence-electron chi connectivity index (χ4n) is 2.39. The molecule has 7 heteroatoms. The van der Waals surface area contributed by atoms with E-state index < -0.39 is 6.09 Å². The predicted molar refractivity (Wildman–Crippen MR) is 107 cm³/mol. The van der Waals surface area contributed by atoms with Crippen molar-refractivity contribution in [3.05, 3.63) is 60.2 Å². The molecule has 27 heavy (non-hydrogen) atoms. The van der Waals surface area contributed by atoms with Gasteiger partial charge >= 0.3 is 12.1 Å². The molecule has 2 aromatic rings. The van der Waals surface area contributed by atoms with Crippen LogP contribution in [0.1, 0.15) is 5.56 Å². The van der Waals surface area contributed by atoms with Gasteiger partial charge in [-0.15, -0.1) is 0 Å². The van der Waals surface area contributed by atoms with Gasteiger partial charge in [-0.2, -0.15) is 0 Å². The summed E-state index contributed by atoms with van der Waals surface area (Å²) in [6.45, 7) is 1.90. The van der Waals surface area contributed by atoms with E-state index in [1.165, 1.54) is 7.11 Å². The summed E-state index contributed by atoms with van der Waals surface area (Å²) in [6, 6.07) is 16.6. The number of carbonyl (C=O) groups is 2. The Morgan fingerprint density at radius 1 is 0.889 bits per heavy atom. The predicted octanol–water partition coefficient (Wildman–Crippen LogP) is 3.46. The van der Waals surface area contributed by atoms with Gasteiger partial charge in [-0.05, 0) is 43.9 Å². The third-order valence-corrected chi connectivity index (χ3v) is 3.89. The van der Waals surface area contributed by atoms with Gasteiger partial charge in [0.2, 0.25) is 0 Å². The lowest BCUT2D eigenvalue weighted by Crippen LogP contribution is -2.39. The fourth-order valence-corrected chi connectivity index (χ4v) is 2.39. The van der Waals surface area contributed by atoms with E-state index in [1.807, 2.05) is 49.3 Å². The minimum absolute atomic E-state index is 0.172. The topological polar surface area (TPSA) is 73.9 Å². The maximum absolute atomic E-state index is 12.7. The van der Waals surface area contributed by atoms with E-state index >= 15 is 0 Å². The number of hydrogen-bond donors (Lipinski definition) is 2. The maximum Gasteiger partial charge on any atom is 0.411 e. The van der Waals surface area contributed by atoms with Crippen molar-refractivity contribution in [2.45, 2.75) is 6.54 Å². The van der Waals surface area contributed by atoms with Crippen molar-refractivity contribution in [1.29, 1.82) is 0 Å². The fraction of sp³-hybridized carbons (Fsp3) is 0.300. The standard InChI is InChI=1S/C20H26N4O3/c1-23(2)13-14-24(15-16-7-5-4-6-8-16)19(25)21-17-9-11-18(12-10-17)22-20(26)27-3/h4-12H,13-15H2,1-3H3,(H,21,25)(H,22,26). The lowest BCUT2D eigenvalue weighted by Gasteiger charge is -2.25. The molecule has 0 aliphatic rings. The van der Waals surface area contributed by atoms with Gasteiger partial charge in [0, 0.05) is 31.0 Å². The highest BCUT2D eigenvalue weighted by molar-refractivity contribution is 5.90. The van der Waals surface area contributed by atoms with Crippen LogP contribution in [0.15, 0.2) is 54.6 Å². The Bertz CT molecular complexity index is 733. The van der Waals surface area contributed by atoms with Gasteiger partial charge in [-0.3, -0.25) is 5.32 Å². The first kappa shape index (κ1) is 20.3. The molecule has 2 rings (SSSR count). The van der Waals surface area contributed by atoms with Crippen molar-refractivity contribution >= 4 is 23.5 Å². The molecular formula is C20H26N4O3. The third kappa shape index (κ3) is 6.99. The highest BCUT2D eigenvalue weighted by Gasteiger charge is 2.14. The van der Waals surface area contributed by atoms with E-state index in [2.05, 4.69) is 15.4 Å². The van der Waals surface area contributed by atoms with Crippen LogP contribution in [-0.4, -0.2) is 56.2 Å². The Morgan fingerprint density at radius 2 is 1.48 bits per heavy atom. The summed E-state index contributed by atoms with van der Waals surface area (Å²) < 4.78 is 4.55. The molecule has 0 radical (unpaired) electrons. The van der Waals surface area contributed by atoms with Crippen LogP contribution in [0.3, 0.4) is 0 Å². The Hall–Kier alpha value is -3.06. The molecule has 2 N–H and O–H groups in total. The molecule has 0 aliphatic heterocycles. The van der Waals surface area contributed by atoms with E-state index in [9.17, 15) is 9.59 Å². The summed E-state index contributed by atoms with van der Waals surface area (Å²) in [7, 11) is 5.26. The smallest absolute Gasteiger partial charge is 0.411 e. The Labute approximate surface area is 159 Å². The van der Waals surface area contributed by atoms with Crippen molar-refractivity contribution in [3.63, 3.8) is 0 Å². The number of anilines is 2. The Balaban J connectivity index is 2.02. The molecule has 0 fully saturated rings. The van der Waals surface area contributed by atoms with Crippen LogP contribution < -0.4 is 10.6 Å². The lowest BCUT2D eigenvalue weighted by molar-refractivity contribution is 0.187. The monoisotopic (exact) mass is 370 g/mol. The quantitative estimate of drug-likeness (QED) is 0.783. The summed E-state index contributed by atoms with van der Waals surface area (Å²) in [5.74, 6) is 0. The molecule has 0 unspecified atom stereocenters. The average Bonchev–Trinajstić information content (AvgIpc) is 2.67. The maximum atomic E-state index is 12.7. The van der Waals surface area contributed by atoms with Crippen LogP contribution in [0.2, 0.25) is 0 Å². The van der Waals surface area contributed by atoms with E-state index in [-0.39, 0.29) is 6.03 Å². The summed E-state index contributed by atoms with van der Waals surface area (Å²) in [5, 5.41) is 5.48. The van der Waals surface area contributed by atoms with Gasteiger partial charge in [-0.25, -0.2) is 9.59 Å². The number of hydrogen-bond acceptors (Lipinski definition) is 4. The second kappa shape index (κ2) is 10.2. The Kier molecular flexibility index (Phi) is 7.63. The zero-order valence-electron chi connectivity index (χ0n) is 15.9. The van der Waals surface area contributed by atoms with Crippen LogP contribution >= 0.6 is 0 Å². The molecule has 0 saturated heterocycles. The first-order valence-corrected chi connectivity index (χ1v) is 8.67. The van der Waals surface area contributed by atoms with Gasteiger partial charge in [-0.1, -0.05) is 30.3 Å². The van der Waals surface area contributed by atoms with Crippen LogP contribution in [0.5, 0.6) is 0 Å². The first-order chi connectivity index (χ1) is 13.0. The zero-order chi connectivity index (χ0) is 19.6. The van der Waals surface area contributed by atoms with Gasteiger partial charge in [0.05, 0.1) is 7.11 Å². The number of rotatable bonds is 7. The molecule has 0 saturated carbocycles. The van der Waals surface area contributed by atoms with E-state index in [0.29, 0.717) is 24.5 Å². The highest BCUT2D eigenvalue weighted by Crippen LogP contribution is 2.15. The normalized spacial score (nSPS) is 10.4. The molecule has 7 nitrogen and oxygen atoms in total. The number of benzene rings is 2. The molecule has 0 aromatic heterocycles. The number of amides is 3. The van der Waals surface area contributed by atoms with Crippen molar-refractivity contribution in [2.24, 2.45) is 0 Å². The molecule has 0 atom stereocenters. The number of likely N-dealkylation sites (N-methyl/N-ethyl adjacent to an activating group) is 1. The minimum atomic E-state index is -0.537. The summed E-state index contributed by atoms with van der Waals surface area (Å²) in [5.41, 5.74) is 2.32. The van der Waals surface area contributed by atoms with E-state index in [1.54, 1.807) is 29.2 Å². The summed E-state index contributed by atoms with van der Waals surface area (Å²) >= 11 is 0. The molecule has 3 amide bonds. The van der Waals surface area contributed by atoms with Gasteiger partial charge < -0.3 is 19.9 Å². The van der Waals surface area contributed by atoms with Crippen molar-refractivity contribution in [3.8, 4) is 0 Å². The lowest BCUT2D eigenvalue weighted by atomic mass is 10.2. The number of carbonyl (C=O) groups excluding carboxylic acids is 2. The number of nitrogens with one attached hydrogen (secondary N) is 2. The average molecular weight is 370 g/mol. The van der Waals surface area contributed by atoms with Gasteiger partial charge in [0.15, 0.2) is 0 Å². The van der Waals surface area contributed by atoms with E-state index in [0.717, 1.165) is 12.1 Å². The molecule has 0 aliphatic carbocycles. The number of nitrogens with zero attached hydrogens (tertiary/aromatic N) is 2. The summed E-state index contributed by atoms with van der Waals surface area (Å²) in [4.78, 5) is 27.8. The molecular weight excluding hydrogens is 344 g/mol. The van der Waals surface area contributed by atoms with Crippen LogP contribution in [0, 0.1) is 0 Å². The van der Waals surface area contributed by atoms with Gasteiger partial charge in [0.25, 0.3) is 0 Å². The number of urea groups is 1. The second-order valence-corrected chi connectivity index (χ2v) is 6.33. The third-order valence-electron chi connectivity index (χ3n) is 3.89.